The van der Waals surface area contributed by atoms with Gasteiger partial charge in [-0.15, -0.1) is 0 Å². The van der Waals surface area contributed by atoms with Gasteiger partial charge >= 0.3 is 105 Å². The third-order valence-corrected chi connectivity index (χ3v) is 5.32. The summed E-state index contributed by atoms with van der Waals surface area (Å²) in [4.78, 5) is 15.4. The van der Waals surface area contributed by atoms with Gasteiger partial charge in [-0.05, 0) is 12.8 Å². The molecular formula is C18H43Na3O6P2. The van der Waals surface area contributed by atoms with Crippen LogP contribution in [0.4, 0.5) is 0 Å². The average molecular weight is 486 g/mol. The molecule has 2 atom stereocenters. The molecule has 0 aromatic rings. The van der Waals surface area contributed by atoms with Crippen molar-refractivity contribution in [2.75, 3.05) is 6.61 Å². The topological polar surface area (TPSA) is 104 Å². The van der Waals surface area contributed by atoms with E-state index in [2.05, 4.69) is 17.3 Å². The van der Waals surface area contributed by atoms with Gasteiger partial charge in [0.2, 0.25) is 0 Å². The van der Waals surface area contributed by atoms with E-state index in [-0.39, 0.29) is 95.3 Å². The number of allylic oxidation sites excluding steroid dienone is 1. The Morgan fingerprint density at radius 3 is 1.28 bits per heavy atom. The van der Waals surface area contributed by atoms with Crippen LogP contribution in [0.1, 0.15) is 96.8 Å². The first-order chi connectivity index (χ1) is 12.5. The van der Waals surface area contributed by atoms with Crippen molar-refractivity contribution in [3.63, 3.8) is 0 Å². The summed E-state index contributed by atoms with van der Waals surface area (Å²) in [7, 11) is -6.40. The standard InChI is InChI=1S/C18H36O.3Na.H4O5P2.3H/c1-2-3-4-5-6-7-8-9-10-11-12-13-14-15-16-17-18-19;;;;1-6(2)5-7(3)4;;;/h16-17,19H,2-15,18H2,1H3;;;;6-7H,(H,1,2)(H,3,4);;;. The fourth-order valence-corrected chi connectivity index (χ4v) is 3.14. The number of unbranched alkanes of at least 4 members (excludes halogenated alkanes) is 13. The van der Waals surface area contributed by atoms with Gasteiger partial charge in [0.1, 0.15) is 0 Å². The van der Waals surface area contributed by atoms with E-state index in [4.69, 9.17) is 14.9 Å². The maximum absolute atomic E-state index is 9.44. The predicted octanol–water partition coefficient (Wildman–Crippen LogP) is 3.84. The van der Waals surface area contributed by atoms with E-state index in [9.17, 15) is 9.13 Å². The van der Waals surface area contributed by atoms with Gasteiger partial charge in [0.05, 0.1) is 6.61 Å². The first kappa shape index (κ1) is 42.2. The molecule has 6 nitrogen and oxygen atoms in total. The van der Waals surface area contributed by atoms with Crippen LogP contribution < -0.4 is 0 Å². The SMILES string of the molecule is CCCCCCCCCCCCCCCC=CCO.O=[PH](O)O[PH](=O)O.[NaH].[NaH].[NaH]. The number of hydrogen-bond donors (Lipinski definition) is 3. The molecule has 0 aromatic carbocycles. The van der Waals surface area contributed by atoms with Crippen molar-refractivity contribution in [1.82, 2.24) is 0 Å². The molecule has 0 aliphatic rings. The molecule has 0 aliphatic carbocycles. The molecule has 0 spiro atoms. The van der Waals surface area contributed by atoms with Crippen LogP contribution in [0.25, 0.3) is 0 Å². The summed E-state index contributed by atoms with van der Waals surface area (Å²) in [5.74, 6) is 0. The van der Waals surface area contributed by atoms with Crippen molar-refractivity contribution in [2.24, 2.45) is 0 Å². The molecule has 29 heavy (non-hydrogen) atoms. The number of aliphatic hydroxyl groups excluding tert-OH is 1. The van der Waals surface area contributed by atoms with E-state index in [0.29, 0.717) is 0 Å². The number of rotatable bonds is 17. The predicted molar refractivity (Wildman–Crippen MR) is 132 cm³/mol. The van der Waals surface area contributed by atoms with Crippen molar-refractivity contribution in [3.8, 4) is 0 Å². The van der Waals surface area contributed by atoms with Crippen molar-refractivity contribution in [3.05, 3.63) is 12.2 Å². The van der Waals surface area contributed by atoms with E-state index in [1.165, 1.54) is 83.5 Å². The molecule has 0 saturated carbocycles. The van der Waals surface area contributed by atoms with Gasteiger partial charge in [-0.1, -0.05) is 96.1 Å². The van der Waals surface area contributed by atoms with E-state index >= 15 is 0 Å². The van der Waals surface area contributed by atoms with E-state index in [1.54, 1.807) is 0 Å². The van der Waals surface area contributed by atoms with Gasteiger partial charge in [0.15, 0.2) is 0 Å². The number of aliphatic hydroxyl groups is 1. The van der Waals surface area contributed by atoms with Crippen molar-refractivity contribution in [2.45, 2.75) is 96.8 Å². The Hall–Kier alpha value is 3.04. The zero-order chi connectivity index (χ0) is 19.9. The molecule has 164 valence electrons. The van der Waals surface area contributed by atoms with E-state index < -0.39 is 16.5 Å². The molecule has 0 aliphatic heterocycles. The second kappa shape index (κ2) is 38.3. The summed E-state index contributed by atoms with van der Waals surface area (Å²) in [6.45, 7) is 2.47. The molecule has 0 aromatic heterocycles. The Bertz CT molecular complexity index is 352. The van der Waals surface area contributed by atoms with Gasteiger partial charge in [-0.3, -0.25) is 9.13 Å². The summed E-state index contributed by atoms with van der Waals surface area (Å²) >= 11 is 0. The molecule has 11 heteroatoms. The molecule has 3 N–H and O–H groups in total. The Labute approximate surface area is 246 Å². The zero-order valence-electron chi connectivity index (χ0n) is 16.3. The normalized spacial score (nSPS) is 12.0. The summed E-state index contributed by atoms with van der Waals surface area (Å²) in [6.07, 6.45) is 23.4. The number of hydrogen-bond acceptors (Lipinski definition) is 4. The zero-order valence-corrected chi connectivity index (χ0v) is 18.3. The van der Waals surface area contributed by atoms with Crippen molar-refractivity contribution < 1.29 is 28.3 Å². The average Bonchev–Trinajstić information content (AvgIpc) is 2.58. The quantitative estimate of drug-likeness (QED) is 0.125. The van der Waals surface area contributed by atoms with Crippen LogP contribution in [0.15, 0.2) is 12.2 Å². The second-order valence-corrected chi connectivity index (χ2v) is 8.20. The van der Waals surface area contributed by atoms with Gasteiger partial charge in [-0.25, -0.2) is 4.31 Å². The van der Waals surface area contributed by atoms with E-state index in [1.807, 2.05) is 6.08 Å². The van der Waals surface area contributed by atoms with Crippen LogP contribution in [-0.2, 0) is 13.4 Å². The van der Waals surface area contributed by atoms with Crippen LogP contribution in [0, 0.1) is 0 Å². The summed E-state index contributed by atoms with van der Waals surface area (Å²) in [5.41, 5.74) is 0. The van der Waals surface area contributed by atoms with Crippen LogP contribution >= 0.6 is 16.5 Å². The first-order valence-electron chi connectivity index (χ1n) is 9.94. The molecule has 0 heterocycles. The summed E-state index contributed by atoms with van der Waals surface area (Å²) < 4.78 is 22.3. The fourth-order valence-electron chi connectivity index (χ4n) is 2.55. The Morgan fingerprint density at radius 2 is 1.00 bits per heavy atom. The Morgan fingerprint density at radius 1 is 0.655 bits per heavy atom. The van der Waals surface area contributed by atoms with Crippen molar-refractivity contribution >= 4 is 105 Å². The third kappa shape index (κ3) is 49.3. The summed E-state index contributed by atoms with van der Waals surface area (Å²) in [6, 6.07) is 0. The Balaban J connectivity index is -0.000000166. The van der Waals surface area contributed by atoms with Crippen LogP contribution in [0.2, 0.25) is 0 Å². The van der Waals surface area contributed by atoms with E-state index in [0.717, 1.165) is 6.42 Å². The molecule has 0 radical (unpaired) electrons. The molecule has 0 rings (SSSR count). The first-order valence-corrected chi connectivity index (χ1v) is 12.5. The molecule has 0 amide bonds. The second-order valence-electron chi connectivity index (χ2n) is 6.32. The van der Waals surface area contributed by atoms with Gasteiger partial charge < -0.3 is 14.9 Å². The molecular weight excluding hydrogens is 443 g/mol. The van der Waals surface area contributed by atoms with Crippen LogP contribution in [0.3, 0.4) is 0 Å². The molecule has 0 fully saturated rings. The van der Waals surface area contributed by atoms with Crippen LogP contribution in [-0.4, -0.2) is 110 Å². The Kier molecular flexibility index (Phi) is 55.8. The monoisotopic (exact) mass is 486 g/mol. The maximum atomic E-state index is 9.44. The molecule has 0 saturated heterocycles. The van der Waals surface area contributed by atoms with Gasteiger partial charge in [0, 0.05) is 0 Å². The minimum atomic E-state index is -3.20. The fraction of sp³-hybridized carbons (Fsp3) is 0.889. The van der Waals surface area contributed by atoms with Gasteiger partial charge in [0.25, 0.3) is 0 Å². The third-order valence-electron chi connectivity index (χ3n) is 3.92. The van der Waals surface area contributed by atoms with Crippen LogP contribution in [0.5, 0.6) is 0 Å². The molecule has 0 bridgehead atoms. The van der Waals surface area contributed by atoms with Gasteiger partial charge in [-0.2, -0.15) is 0 Å². The summed E-state index contributed by atoms with van der Waals surface area (Å²) in [5, 5.41) is 8.58. The minimum absolute atomic E-state index is 0. The molecule has 2 unspecified atom stereocenters. The van der Waals surface area contributed by atoms with Crippen molar-refractivity contribution in [1.29, 1.82) is 0 Å².